The minimum atomic E-state index is 0.628. The van der Waals surface area contributed by atoms with Crippen molar-refractivity contribution in [2.75, 3.05) is 0 Å². The number of hydrogen-bond donors (Lipinski definition) is 0. The van der Waals surface area contributed by atoms with Crippen molar-refractivity contribution in [2.45, 2.75) is 0 Å². The smallest absolute Gasteiger partial charge is 0.235 e. The average Bonchev–Trinajstić information content (AvgIpc) is 1.53. The summed E-state index contributed by atoms with van der Waals surface area (Å²) in [4.78, 5) is 21.1. The third kappa shape index (κ3) is 10.8. The zero-order valence-electron chi connectivity index (χ0n) is 65.7. The number of nitrogens with zero attached hydrogens (tertiary/aromatic N) is 8. The Balaban J connectivity index is 0.000000134. The first kappa shape index (κ1) is 68.6. The van der Waals surface area contributed by atoms with Crippen molar-refractivity contribution < 1.29 is 8.83 Å². The van der Waals surface area contributed by atoms with E-state index >= 15 is 0 Å². The number of fused-ring (bicyclic) bond motifs is 24. The van der Waals surface area contributed by atoms with Gasteiger partial charge in [0.15, 0.2) is 5.82 Å². The zero-order chi connectivity index (χ0) is 80.0. The van der Waals surface area contributed by atoms with Crippen LogP contribution in [0, 0.1) is 0 Å². The van der Waals surface area contributed by atoms with Gasteiger partial charge in [0.1, 0.15) is 22.3 Å². The van der Waals surface area contributed by atoms with E-state index in [1.165, 1.54) is 54.7 Å². The maximum atomic E-state index is 6.50. The van der Waals surface area contributed by atoms with Crippen molar-refractivity contribution >= 4 is 153 Å². The lowest BCUT2D eigenvalue weighted by molar-refractivity contribution is 0.669. The summed E-state index contributed by atoms with van der Waals surface area (Å²) in [6.45, 7) is 0. The molecule has 0 bridgehead atoms. The van der Waals surface area contributed by atoms with Crippen molar-refractivity contribution in [1.82, 2.24) is 38.2 Å². The Morgan fingerprint density at radius 2 is 0.549 bits per heavy atom. The molecular formula is C112H68N8O2. The summed E-state index contributed by atoms with van der Waals surface area (Å²) in [7, 11) is 0. The number of para-hydroxylation sites is 6. The van der Waals surface area contributed by atoms with Crippen LogP contribution in [0.5, 0.6) is 0 Å². The number of benzene rings is 18. The summed E-state index contributed by atoms with van der Waals surface area (Å²) in [6, 6.07) is 146. The molecule has 0 saturated carbocycles. The number of furan rings is 2. The van der Waals surface area contributed by atoms with Crippen molar-refractivity contribution in [1.29, 1.82) is 0 Å². The van der Waals surface area contributed by atoms with Crippen LogP contribution < -0.4 is 0 Å². The lowest BCUT2D eigenvalue weighted by Crippen LogP contribution is -2.03. The van der Waals surface area contributed by atoms with Gasteiger partial charge in [-0.1, -0.05) is 291 Å². The minimum absolute atomic E-state index is 0.628. The predicted octanol–water partition coefficient (Wildman–Crippen LogP) is 29.4. The molecule has 8 heterocycles. The SMILES string of the molecule is c1ccc(-c2ccc(-c3nc(-n4c5ccccc5c5c4ccc4c6c7c(ccc6n(-c6cccc(-c8ccccc8)c6)c45)oc4ccccc47)nc4ccccc34)cc2)cc1.c1ccc(-c2cccc(-n3c4ccccc4c4c3ccc3c5c6c(ccc5n(-c5ccc(-c7nc(-c8ccccc8)c8ccccc8n7)cc5)c34)oc3ccccc36)c2)cc1. The highest BCUT2D eigenvalue weighted by Crippen LogP contribution is 2.50. The highest BCUT2D eigenvalue weighted by molar-refractivity contribution is 6.35. The van der Waals surface area contributed by atoms with Crippen LogP contribution in [0.25, 0.3) is 243 Å². The molecule has 0 saturated heterocycles. The Hall–Kier alpha value is -16.6. The maximum absolute atomic E-state index is 6.50. The third-order valence-corrected chi connectivity index (χ3v) is 24.6. The van der Waals surface area contributed by atoms with Crippen LogP contribution in [0.2, 0.25) is 0 Å². The molecule has 0 atom stereocenters. The first-order valence-corrected chi connectivity index (χ1v) is 41.3. The molecule has 0 spiro atoms. The second kappa shape index (κ2) is 27.5. The molecule has 0 unspecified atom stereocenters. The van der Waals surface area contributed by atoms with Gasteiger partial charge in [-0.15, -0.1) is 0 Å². The van der Waals surface area contributed by atoms with E-state index in [2.05, 4.69) is 407 Å². The van der Waals surface area contributed by atoms with Crippen LogP contribution >= 0.6 is 0 Å². The first-order chi connectivity index (χ1) is 60.5. The molecule has 0 aliphatic heterocycles. The molecule has 0 aliphatic carbocycles. The molecule has 0 radical (unpaired) electrons. The molecular weight excluding hydrogens is 1490 g/mol. The molecule has 0 aliphatic rings. The number of rotatable bonds is 10. The van der Waals surface area contributed by atoms with E-state index in [9.17, 15) is 0 Å². The molecule has 568 valence electrons. The molecule has 26 rings (SSSR count). The van der Waals surface area contributed by atoms with Gasteiger partial charge in [0.2, 0.25) is 5.95 Å². The zero-order valence-corrected chi connectivity index (χ0v) is 65.7. The Bertz CT molecular complexity index is 8740. The van der Waals surface area contributed by atoms with Gasteiger partial charge in [-0.2, -0.15) is 0 Å². The largest absolute Gasteiger partial charge is 0.456 e. The molecule has 122 heavy (non-hydrogen) atoms. The monoisotopic (exact) mass is 1560 g/mol. The predicted molar refractivity (Wildman–Crippen MR) is 504 cm³/mol. The van der Waals surface area contributed by atoms with Gasteiger partial charge in [0.25, 0.3) is 0 Å². The lowest BCUT2D eigenvalue weighted by atomic mass is 10.0. The topological polar surface area (TPSA) is 97.6 Å². The van der Waals surface area contributed by atoms with Crippen molar-refractivity contribution in [3.63, 3.8) is 0 Å². The van der Waals surface area contributed by atoms with Crippen LogP contribution in [0.4, 0.5) is 0 Å². The second-order valence-electron chi connectivity index (χ2n) is 31.4. The van der Waals surface area contributed by atoms with Crippen molar-refractivity contribution in [3.05, 3.63) is 413 Å². The molecule has 8 aromatic heterocycles. The molecule has 18 aromatic carbocycles. The van der Waals surface area contributed by atoms with E-state index in [0.29, 0.717) is 11.8 Å². The Kier molecular flexibility index (Phi) is 15.5. The molecule has 26 aromatic rings. The fourth-order valence-corrected chi connectivity index (χ4v) is 19.3. The standard InChI is InChI=1S/2C56H34N4O/c1-3-14-35(15-4-1)38-18-13-19-40(34-38)59-46-24-11-8-21-42(46)52-48(59)31-30-44-51-47(32-33-50-53(51)43-22-9-12-25-49(43)61-50)60(55(44)52)39-28-26-37(27-29-39)56-57-45-23-10-7-20-41(45)54(58-56)36-16-5-2-6-17-36;1-3-14-35(15-4-1)37-26-28-38(29-27-37)54-41-20-7-10-23-45(41)57-56(58-54)60-46-24-11-8-21-42(46)52-48(60)31-30-44-51-47(32-33-50-53(51)43-22-9-12-25-49(43)61-50)59(55(44)52)40-19-13-18-39(34-40)36-16-5-2-6-17-36/h2*1-34H. The molecule has 0 N–H and O–H groups in total. The Labute approximate surface area is 698 Å². The summed E-state index contributed by atoms with van der Waals surface area (Å²) < 4.78 is 22.6. The first-order valence-electron chi connectivity index (χ1n) is 41.3. The van der Waals surface area contributed by atoms with E-state index in [1.807, 2.05) is 24.3 Å². The highest BCUT2D eigenvalue weighted by Gasteiger charge is 2.28. The third-order valence-electron chi connectivity index (χ3n) is 24.6. The Morgan fingerprint density at radius 3 is 1.09 bits per heavy atom. The normalized spacial score (nSPS) is 11.9. The van der Waals surface area contributed by atoms with Crippen LogP contribution in [0.15, 0.2) is 421 Å². The van der Waals surface area contributed by atoms with E-state index in [0.717, 1.165) is 177 Å². The minimum Gasteiger partial charge on any atom is -0.456 e. The fraction of sp³-hybridized carbons (Fsp3) is 0. The van der Waals surface area contributed by atoms with Gasteiger partial charge < -0.3 is 22.5 Å². The lowest BCUT2D eigenvalue weighted by Gasteiger charge is -2.13. The highest BCUT2D eigenvalue weighted by atomic mass is 16.3. The summed E-state index contributed by atoms with van der Waals surface area (Å²) in [5, 5.41) is 15.9. The van der Waals surface area contributed by atoms with E-state index < -0.39 is 0 Å². The van der Waals surface area contributed by atoms with Gasteiger partial charge >= 0.3 is 0 Å². The van der Waals surface area contributed by atoms with Crippen molar-refractivity contribution in [2.24, 2.45) is 0 Å². The Morgan fingerprint density at radius 1 is 0.180 bits per heavy atom. The molecule has 0 fully saturated rings. The van der Waals surface area contributed by atoms with Gasteiger partial charge in [0.05, 0.1) is 66.6 Å². The number of hydrogen-bond acceptors (Lipinski definition) is 6. The molecule has 0 amide bonds. The van der Waals surface area contributed by atoms with E-state index in [4.69, 9.17) is 28.8 Å². The summed E-state index contributed by atoms with van der Waals surface area (Å²) >= 11 is 0. The van der Waals surface area contributed by atoms with Crippen LogP contribution in [0.3, 0.4) is 0 Å². The average molecular weight is 1560 g/mol. The van der Waals surface area contributed by atoms with E-state index in [-0.39, 0.29) is 0 Å². The van der Waals surface area contributed by atoms with E-state index in [1.54, 1.807) is 0 Å². The van der Waals surface area contributed by atoms with Gasteiger partial charge in [-0.3, -0.25) is 4.57 Å². The molecule has 10 nitrogen and oxygen atoms in total. The molecule has 10 heteroatoms. The van der Waals surface area contributed by atoms with Gasteiger partial charge in [-0.05, 0) is 155 Å². The number of aromatic nitrogens is 8. The quantitative estimate of drug-likeness (QED) is 0.135. The maximum Gasteiger partial charge on any atom is 0.235 e. The van der Waals surface area contributed by atoms with Crippen LogP contribution in [-0.2, 0) is 0 Å². The fourth-order valence-electron chi connectivity index (χ4n) is 19.3. The summed E-state index contributed by atoms with van der Waals surface area (Å²) in [5.41, 5.74) is 29.4. The summed E-state index contributed by atoms with van der Waals surface area (Å²) in [5.74, 6) is 1.32. The van der Waals surface area contributed by atoms with Crippen LogP contribution in [0.1, 0.15) is 0 Å². The second-order valence-corrected chi connectivity index (χ2v) is 31.4. The van der Waals surface area contributed by atoms with Gasteiger partial charge in [-0.25, -0.2) is 19.9 Å². The van der Waals surface area contributed by atoms with Crippen LogP contribution in [-0.4, -0.2) is 38.2 Å². The van der Waals surface area contributed by atoms with Gasteiger partial charge in [0, 0.05) is 109 Å². The summed E-state index contributed by atoms with van der Waals surface area (Å²) in [6.07, 6.45) is 0. The van der Waals surface area contributed by atoms with Crippen molar-refractivity contribution in [3.8, 4) is 90.3 Å².